The van der Waals surface area contributed by atoms with E-state index in [0.29, 0.717) is 10.7 Å². The maximum atomic E-state index is 13.8. The molecule has 3 rings (SSSR count). The number of esters is 1. The fourth-order valence-electron chi connectivity index (χ4n) is 2.89. The molecule has 0 unspecified atom stereocenters. The molecule has 0 aliphatic rings. The van der Waals surface area contributed by atoms with Crippen molar-refractivity contribution in [3.8, 4) is 5.75 Å². The van der Waals surface area contributed by atoms with Crippen LogP contribution in [-0.4, -0.2) is 40.9 Å². The standard InChI is InChI=1S/C23H19ClFNO6S/c1-26(18-7-4-6-17(24)13-18)33(29,30)19-8-3-5-16(11-19)23(28)32-14-21(27)15-9-10-22(31-2)20(25)12-15/h3-13H,14H2,1-2H3. The summed E-state index contributed by atoms with van der Waals surface area (Å²) in [5.74, 6) is -2.28. The van der Waals surface area contributed by atoms with E-state index in [2.05, 4.69) is 0 Å². The number of rotatable bonds is 8. The monoisotopic (exact) mass is 491 g/mol. The van der Waals surface area contributed by atoms with Crippen LogP contribution < -0.4 is 9.04 Å². The van der Waals surface area contributed by atoms with Crippen LogP contribution in [0.2, 0.25) is 5.02 Å². The van der Waals surface area contributed by atoms with E-state index in [1.165, 1.54) is 50.6 Å². The van der Waals surface area contributed by atoms with E-state index in [1.54, 1.807) is 18.2 Å². The topological polar surface area (TPSA) is 90.0 Å². The molecule has 0 aliphatic heterocycles. The van der Waals surface area contributed by atoms with Gasteiger partial charge in [-0.3, -0.25) is 9.10 Å². The number of sulfonamides is 1. The van der Waals surface area contributed by atoms with Gasteiger partial charge in [-0.05, 0) is 54.6 Å². The first-order valence-electron chi connectivity index (χ1n) is 9.52. The molecule has 0 N–H and O–H groups in total. The highest BCUT2D eigenvalue weighted by Gasteiger charge is 2.23. The Morgan fingerprint density at radius 3 is 2.39 bits per heavy atom. The first kappa shape index (κ1) is 24.2. The lowest BCUT2D eigenvalue weighted by Crippen LogP contribution is -2.26. The average molecular weight is 492 g/mol. The lowest BCUT2D eigenvalue weighted by molar-refractivity contribution is 0.0474. The van der Waals surface area contributed by atoms with Crippen molar-refractivity contribution < 1.29 is 31.9 Å². The number of ketones is 1. The predicted octanol–water partition coefficient (Wildman–Crippen LogP) is 4.35. The molecule has 0 atom stereocenters. The van der Waals surface area contributed by atoms with Crippen LogP contribution in [0, 0.1) is 5.82 Å². The van der Waals surface area contributed by atoms with Crippen LogP contribution >= 0.6 is 11.6 Å². The van der Waals surface area contributed by atoms with Gasteiger partial charge < -0.3 is 9.47 Å². The van der Waals surface area contributed by atoms with Crippen LogP contribution in [0.3, 0.4) is 0 Å². The van der Waals surface area contributed by atoms with Gasteiger partial charge in [0.2, 0.25) is 0 Å². The molecule has 172 valence electrons. The number of benzene rings is 3. The summed E-state index contributed by atoms with van der Waals surface area (Å²) >= 11 is 5.94. The van der Waals surface area contributed by atoms with Crippen molar-refractivity contribution in [2.45, 2.75) is 4.90 Å². The molecule has 0 heterocycles. The number of methoxy groups -OCH3 is 1. The van der Waals surface area contributed by atoms with Crippen LogP contribution in [0.4, 0.5) is 10.1 Å². The number of carbonyl (C=O) groups is 2. The molecule has 3 aromatic carbocycles. The average Bonchev–Trinajstić information content (AvgIpc) is 2.81. The second-order valence-electron chi connectivity index (χ2n) is 6.83. The van der Waals surface area contributed by atoms with Gasteiger partial charge in [-0.15, -0.1) is 0 Å². The van der Waals surface area contributed by atoms with Crippen molar-refractivity contribution in [3.05, 3.63) is 88.7 Å². The molecule has 0 saturated carbocycles. The van der Waals surface area contributed by atoms with Gasteiger partial charge in [-0.25, -0.2) is 17.6 Å². The van der Waals surface area contributed by atoms with Crippen LogP contribution in [0.1, 0.15) is 20.7 Å². The minimum atomic E-state index is -4.00. The van der Waals surface area contributed by atoms with E-state index in [-0.39, 0.29) is 21.8 Å². The lowest BCUT2D eigenvalue weighted by atomic mass is 10.1. The van der Waals surface area contributed by atoms with E-state index in [0.717, 1.165) is 16.4 Å². The quantitative estimate of drug-likeness (QED) is 0.344. The molecule has 0 amide bonds. The van der Waals surface area contributed by atoms with Crippen molar-refractivity contribution in [2.24, 2.45) is 0 Å². The first-order chi connectivity index (χ1) is 15.6. The van der Waals surface area contributed by atoms with Gasteiger partial charge in [-0.2, -0.15) is 0 Å². The van der Waals surface area contributed by atoms with E-state index < -0.39 is 34.2 Å². The van der Waals surface area contributed by atoms with Gasteiger partial charge in [-0.1, -0.05) is 23.7 Å². The number of Topliss-reactive ketones (excluding diaryl/α,β-unsaturated/α-hetero) is 1. The molecule has 0 spiro atoms. The summed E-state index contributed by atoms with van der Waals surface area (Å²) in [6, 6.07) is 15.1. The number of hydrogen-bond donors (Lipinski definition) is 0. The normalized spacial score (nSPS) is 11.0. The number of ether oxygens (including phenoxy) is 2. The van der Waals surface area contributed by atoms with E-state index in [1.807, 2.05) is 0 Å². The highest BCUT2D eigenvalue weighted by atomic mass is 35.5. The first-order valence-corrected chi connectivity index (χ1v) is 11.3. The molecule has 0 bridgehead atoms. The van der Waals surface area contributed by atoms with Gasteiger partial charge in [0, 0.05) is 17.6 Å². The van der Waals surface area contributed by atoms with E-state index >= 15 is 0 Å². The molecule has 0 radical (unpaired) electrons. The van der Waals surface area contributed by atoms with E-state index in [9.17, 15) is 22.4 Å². The molecule has 33 heavy (non-hydrogen) atoms. The maximum absolute atomic E-state index is 13.8. The number of nitrogens with zero attached hydrogens (tertiary/aromatic N) is 1. The van der Waals surface area contributed by atoms with Crippen LogP contribution in [-0.2, 0) is 14.8 Å². The van der Waals surface area contributed by atoms with Crippen molar-refractivity contribution >= 4 is 39.1 Å². The Morgan fingerprint density at radius 1 is 1.00 bits per heavy atom. The molecule has 0 fully saturated rings. The van der Waals surface area contributed by atoms with Gasteiger partial charge >= 0.3 is 5.97 Å². The van der Waals surface area contributed by atoms with Crippen molar-refractivity contribution in [3.63, 3.8) is 0 Å². The summed E-state index contributed by atoms with van der Waals surface area (Å²) in [4.78, 5) is 24.5. The van der Waals surface area contributed by atoms with Crippen molar-refractivity contribution in [1.82, 2.24) is 0 Å². The zero-order valence-corrected chi connectivity index (χ0v) is 19.2. The van der Waals surface area contributed by atoms with Gasteiger partial charge in [0.25, 0.3) is 10.0 Å². The van der Waals surface area contributed by atoms with Crippen LogP contribution in [0.5, 0.6) is 5.75 Å². The van der Waals surface area contributed by atoms with Crippen molar-refractivity contribution in [1.29, 1.82) is 0 Å². The fourth-order valence-corrected chi connectivity index (χ4v) is 4.31. The number of halogens is 2. The second kappa shape index (κ2) is 10.0. The summed E-state index contributed by atoms with van der Waals surface area (Å²) in [5.41, 5.74) is 0.276. The fraction of sp³-hybridized carbons (Fsp3) is 0.130. The summed E-state index contributed by atoms with van der Waals surface area (Å²) < 4.78 is 50.6. The Balaban J connectivity index is 1.74. The van der Waals surface area contributed by atoms with Crippen LogP contribution in [0.15, 0.2) is 71.6 Å². The predicted molar refractivity (Wildman–Crippen MR) is 121 cm³/mol. The second-order valence-corrected chi connectivity index (χ2v) is 9.23. The minimum Gasteiger partial charge on any atom is -0.494 e. The summed E-state index contributed by atoms with van der Waals surface area (Å²) in [7, 11) is -1.35. The van der Waals surface area contributed by atoms with Gasteiger partial charge in [0.1, 0.15) is 0 Å². The van der Waals surface area contributed by atoms with Gasteiger partial charge in [0.15, 0.2) is 24.0 Å². The Bertz CT molecular complexity index is 1310. The van der Waals surface area contributed by atoms with Crippen molar-refractivity contribution in [2.75, 3.05) is 25.1 Å². The highest BCUT2D eigenvalue weighted by Crippen LogP contribution is 2.25. The SMILES string of the molecule is COc1ccc(C(=O)COC(=O)c2cccc(S(=O)(=O)N(C)c3cccc(Cl)c3)c2)cc1F. The Morgan fingerprint density at radius 2 is 1.73 bits per heavy atom. The van der Waals surface area contributed by atoms with Crippen LogP contribution in [0.25, 0.3) is 0 Å². The lowest BCUT2D eigenvalue weighted by Gasteiger charge is -2.20. The summed E-state index contributed by atoms with van der Waals surface area (Å²) in [6.07, 6.45) is 0. The molecular formula is C23H19ClFNO6S. The zero-order chi connectivity index (χ0) is 24.2. The summed E-state index contributed by atoms with van der Waals surface area (Å²) in [5, 5.41) is 0.369. The molecule has 0 aromatic heterocycles. The molecule has 0 saturated heterocycles. The molecule has 3 aromatic rings. The Hall–Kier alpha value is -3.43. The van der Waals surface area contributed by atoms with E-state index in [4.69, 9.17) is 21.1 Å². The zero-order valence-electron chi connectivity index (χ0n) is 17.6. The molecular weight excluding hydrogens is 473 g/mol. The Labute approximate surface area is 195 Å². The number of anilines is 1. The third kappa shape index (κ3) is 5.50. The third-order valence-corrected chi connectivity index (χ3v) is 6.72. The molecule has 7 nitrogen and oxygen atoms in total. The Kier molecular flexibility index (Phi) is 7.35. The number of hydrogen-bond acceptors (Lipinski definition) is 6. The third-order valence-electron chi connectivity index (χ3n) is 4.71. The number of carbonyl (C=O) groups excluding carboxylic acids is 2. The maximum Gasteiger partial charge on any atom is 0.338 e. The molecule has 0 aliphatic carbocycles. The minimum absolute atomic E-state index is 0.000533. The smallest absolute Gasteiger partial charge is 0.338 e. The highest BCUT2D eigenvalue weighted by molar-refractivity contribution is 7.92. The summed E-state index contributed by atoms with van der Waals surface area (Å²) in [6.45, 7) is -0.649. The largest absolute Gasteiger partial charge is 0.494 e. The van der Waals surface area contributed by atoms with Gasteiger partial charge in [0.05, 0.1) is 23.3 Å². The molecule has 10 heteroatoms.